The highest BCUT2D eigenvalue weighted by atomic mass is 32.2. The van der Waals surface area contributed by atoms with E-state index in [-0.39, 0.29) is 11.6 Å². The number of thioether (sulfide) groups is 1. The minimum Gasteiger partial charge on any atom is -0.493 e. The van der Waals surface area contributed by atoms with Crippen LogP contribution in [0.4, 0.5) is 5.69 Å². The quantitative estimate of drug-likeness (QED) is 0.194. The molecule has 0 spiro atoms. The van der Waals surface area contributed by atoms with E-state index in [4.69, 9.17) is 21.7 Å². The second-order valence-electron chi connectivity index (χ2n) is 6.59. The summed E-state index contributed by atoms with van der Waals surface area (Å²) in [6.07, 6.45) is 2.20. The Kier molecular flexibility index (Phi) is 7.07. The van der Waals surface area contributed by atoms with Crippen LogP contribution in [0.25, 0.3) is 6.08 Å². The number of aryl methyl sites for hydroxylation is 1. The van der Waals surface area contributed by atoms with Crippen molar-refractivity contribution in [2.75, 3.05) is 20.3 Å². The first-order valence-electron chi connectivity index (χ1n) is 9.17. The van der Waals surface area contributed by atoms with Crippen molar-refractivity contribution in [3.8, 4) is 11.5 Å². The summed E-state index contributed by atoms with van der Waals surface area (Å²) in [4.78, 5) is 24.7. The number of amides is 1. The molecular weight excluding hydrogens is 424 g/mol. The highest BCUT2D eigenvalue weighted by Gasteiger charge is 2.29. The van der Waals surface area contributed by atoms with Gasteiger partial charge in [0.05, 0.1) is 23.0 Å². The van der Waals surface area contributed by atoms with Crippen LogP contribution in [-0.4, -0.2) is 40.3 Å². The minimum absolute atomic E-state index is 0.0802. The third-order valence-electron chi connectivity index (χ3n) is 4.28. The van der Waals surface area contributed by atoms with Crippen LogP contribution in [0.5, 0.6) is 11.5 Å². The standard InChI is InChI=1S/C21H20N2O5S2/c1-14-5-3-6-17(11-14)27-9-4-10-28-18-8-7-16(23(25)26)12-15(18)13-19-20(24)22(2)21(29)30-19/h3,5-8,11-13H,4,9-10H2,1-2H3/b19-13+. The van der Waals surface area contributed by atoms with Crippen molar-refractivity contribution in [3.63, 3.8) is 0 Å². The average molecular weight is 445 g/mol. The van der Waals surface area contributed by atoms with Gasteiger partial charge in [-0.05, 0) is 36.8 Å². The molecule has 1 heterocycles. The van der Waals surface area contributed by atoms with Crippen molar-refractivity contribution >= 4 is 46.0 Å². The van der Waals surface area contributed by atoms with Crippen LogP contribution in [0.15, 0.2) is 47.4 Å². The lowest BCUT2D eigenvalue weighted by Gasteiger charge is -2.11. The number of hydrogen-bond acceptors (Lipinski definition) is 7. The topological polar surface area (TPSA) is 81.9 Å². The van der Waals surface area contributed by atoms with Gasteiger partial charge in [0.25, 0.3) is 11.6 Å². The Morgan fingerprint density at radius 2 is 1.97 bits per heavy atom. The Hall–Kier alpha value is -2.91. The first-order valence-corrected chi connectivity index (χ1v) is 10.4. The number of carbonyl (C=O) groups excluding carboxylic acids is 1. The van der Waals surface area contributed by atoms with Crippen molar-refractivity contribution < 1.29 is 19.2 Å². The van der Waals surface area contributed by atoms with E-state index in [1.807, 2.05) is 31.2 Å². The summed E-state index contributed by atoms with van der Waals surface area (Å²) in [5, 5.41) is 11.2. The molecule has 0 aromatic heterocycles. The highest BCUT2D eigenvalue weighted by molar-refractivity contribution is 8.26. The molecule has 1 aliphatic heterocycles. The van der Waals surface area contributed by atoms with E-state index in [0.717, 1.165) is 23.1 Å². The van der Waals surface area contributed by atoms with Crippen LogP contribution >= 0.6 is 24.0 Å². The van der Waals surface area contributed by atoms with Gasteiger partial charge < -0.3 is 9.47 Å². The summed E-state index contributed by atoms with van der Waals surface area (Å²) in [5.74, 6) is 1.01. The number of thiocarbonyl (C=S) groups is 1. The molecule has 9 heteroatoms. The molecule has 0 bridgehead atoms. The van der Waals surface area contributed by atoms with Gasteiger partial charge in [-0.25, -0.2) is 0 Å². The van der Waals surface area contributed by atoms with E-state index >= 15 is 0 Å². The van der Waals surface area contributed by atoms with Crippen molar-refractivity contribution in [2.24, 2.45) is 0 Å². The van der Waals surface area contributed by atoms with Gasteiger partial charge in [-0.2, -0.15) is 0 Å². The molecule has 30 heavy (non-hydrogen) atoms. The number of benzene rings is 2. The molecule has 1 saturated heterocycles. The molecule has 0 atom stereocenters. The van der Waals surface area contributed by atoms with Crippen molar-refractivity contribution in [1.29, 1.82) is 0 Å². The zero-order chi connectivity index (χ0) is 21.7. The predicted octanol–water partition coefficient (Wildman–Crippen LogP) is 4.58. The van der Waals surface area contributed by atoms with Gasteiger partial charge in [0.1, 0.15) is 15.8 Å². The second kappa shape index (κ2) is 9.73. The van der Waals surface area contributed by atoms with Gasteiger partial charge in [0, 0.05) is 31.2 Å². The van der Waals surface area contributed by atoms with Crippen LogP contribution in [0.3, 0.4) is 0 Å². The number of carbonyl (C=O) groups is 1. The zero-order valence-electron chi connectivity index (χ0n) is 16.5. The lowest BCUT2D eigenvalue weighted by molar-refractivity contribution is -0.384. The molecule has 2 aromatic carbocycles. The number of nitro groups is 1. The highest BCUT2D eigenvalue weighted by Crippen LogP contribution is 2.34. The normalized spacial score (nSPS) is 15.0. The fourth-order valence-corrected chi connectivity index (χ4v) is 3.89. The smallest absolute Gasteiger partial charge is 0.270 e. The predicted molar refractivity (Wildman–Crippen MR) is 121 cm³/mol. The van der Waals surface area contributed by atoms with Gasteiger partial charge in [-0.3, -0.25) is 19.8 Å². The Morgan fingerprint density at radius 1 is 1.20 bits per heavy atom. The van der Waals surface area contributed by atoms with Crippen molar-refractivity contribution in [1.82, 2.24) is 4.90 Å². The number of nitro benzene ring substituents is 1. The van der Waals surface area contributed by atoms with E-state index in [0.29, 0.717) is 40.2 Å². The van der Waals surface area contributed by atoms with E-state index in [1.165, 1.54) is 23.1 Å². The van der Waals surface area contributed by atoms with Crippen LogP contribution < -0.4 is 9.47 Å². The first-order chi connectivity index (χ1) is 14.3. The molecule has 1 amide bonds. The van der Waals surface area contributed by atoms with Crippen LogP contribution in [0.2, 0.25) is 0 Å². The van der Waals surface area contributed by atoms with Crippen LogP contribution in [0, 0.1) is 17.0 Å². The molecule has 3 rings (SSSR count). The molecule has 2 aromatic rings. The number of hydrogen-bond donors (Lipinski definition) is 0. The summed E-state index contributed by atoms with van der Waals surface area (Å²) in [7, 11) is 1.59. The molecular formula is C21H20N2O5S2. The molecule has 1 fully saturated rings. The maximum Gasteiger partial charge on any atom is 0.270 e. The fraction of sp³-hybridized carbons (Fsp3) is 0.238. The van der Waals surface area contributed by atoms with Gasteiger partial charge in [0.2, 0.25) is 0 Å². The summed E-state index contributed by atoms with van der Waals surface area (Å²) >= 11 is 6.29. The van der Waals surface area contributed by atoms with Crippen molar-refractivity contribution in [3.05, 3.63) is 68.6 Å². The van der Waals surface area contributed by atoms with Crippen molar-refractivity contribution in [2.45, 2.75) is 13.3 Å². The van der Waals surface area contributed by atoms with E-state index in [2.05, 4.69) is 0 Å². The molecule has 0 saturated carbocycles. The Balaban J connectivity index is 1.67. The zero-order valence-corrected chi connectivity index (χ0v) is 18.1. The van der Waals surface area contributed by atoms with E-state index in [9.17, 15) is 14.9 Å². The number of ether oxygens (including phenoxy) is 2. The molecule has 156 valence electrons. The molecule has 7 nitrogen and oxygen atoms in total. The summed E-state index contributed by atoms with van der Waals surface area (Å²) in [6, 6.07) is 12.1. The average Bonchev–Trinajstić information content (AvgIpc) is 2.95. The summed E-state index contributed by atoms with van der Waals surface area (Å²) in [6.45, 7) is 2.83. The third-order valence-corrected chi connectivity index (χ3v) is 5.77. The molecule has 0 N–H and O–H groups in total. The Bertz CT molecular complexity index is 1020. The minimum atomic E-state index is -0.484. The number of nitrogens with zero attached hydrogens (tertiary/aromatic N) is 2. The monoisotopic (exact) mass is 444 g/mol. The maximum absolute atomic E-state index is 12.3. The molecule has 1 aliphatic rings. The van der Waals surface area contributed by atoms with Gasteiger partial charge in [-0.15, -0.1) is 0 Å². The fourth-order valence-electron chi connectivity index (χ4n) is 2.72. The largest absolute Gasteiger partial charge is 0.493 e. The second-order valence-corrected chi connectivity index (χ2v) is 8.26. The summed E-state index contributed by atoms with van der Waals surface area (Å²) < 4.78 is 12.0. The lowest BCUT2D eigenvalue weighted by Crippen LogP contribution is -2.22. The van der Waals surface area contributed by atoms with Gasteiger partial charge >= 0.3 is 0 Å². The van der Waals surface area contributed by atoms with Gasteiger partial charge in [0.15, 0.2) is 0 Å². The lowest BCUT2D eigenvalue weighted by atomic mass is 10.1. The maximum atomic E-state index is 12.3. The Morgan fingerprint density at radius 3 is 2.63 bits per heavy atom. The van der Waals surface area contributed by atoms with E-state index in [1.54, 1.807) is 13.1 Å². The number of non-ortho nitro benzene ring substituents is 1. The third kappa shape index (κ3) is 5.37. The molecule has 0 unspecified atom stereocenters. The van der Waals surface area contributed by atoms with Gasteiger partial charge in [-0.1, -0.05) is 36.1 Å². The van der Waals surface area contributed by atoms with E-state index < -0.39 is 4.92 Å². The first kappa shape index (κ1) is 21.8. The van der Waals surface area contributed by atoms with Crippen LogP contribution in [-0.2, 0) is 4.79 Å². The molecule has 0 radical (unpaired) electrons. The molecule has 0 aliphatic carbocycles. The number of rotatable bonds is 8. The number of likely N-dealkylation sites (N-methyl/N-ethyl adjacent to an activating group) is 1. The van der Waals surface area contributed by atoms with Crippen LogP contribution in [0.1, 0.15) is 17.5 Å². The summed E-state index contributed by atoms with van der Waals surface area (Å²) in [5.41, 5.74) is 1.50. The Labute approximate surface area is 183 Å². The SMILES string of the molecule is Cc1cccc(OCCCOc2ccc([N+](=O)[O-])cc2/C=C2/SC(=S)N(C)C2=O)c1.